The van der Waals surface area contributed by atoms with Gasteiger partial charge in [-0.3, -0.25) is 9.59 Å². The van der Waals surface area contributed by atoms with Crippen molar-refractivity contribution in [1.82, 2.24) is 5.32 Å². The highest BCUT2D eigenvalue weighted by molar-refractivity contribution is 6.26. The van der Waals surface area contributed by atoms with Crippen molar-refractivity contribution in [1.29, 1.82) is 0 Å². The van der Waals surface area contributed by atoms with Crippen molar-refractivity contribution in [3.8, 4) is 0 Å². The van der Waals surface area contributed by atoms with E-state index < -0.39 is 126 Å². The van der Waals surface area contributed by atoms with E-state index in [4.69, 9.17) is 42.6 Å². The van der Waals surface area contributed by atoms with E-state index in [1.54, 1.807) is 27.7 Å². The van der Waals surface area contributed by atoms with Crippen LogP contribution in [0.5, 0.6) is 0 Å². The molecule has 9 rings (SSSR count). The van der Waals surface area contributed by atoms with Gasteiger partial charge in [-0.2, -0.15) is 0 Å². The molecule has 4 aliphatic carbocycles. The highest BCUT2D eigenvalue weighted by atomic mass is 16.7. The van der Waals surface area contributed by atoms with Gasteiger partial charge in [0.05, 0.1) is 66.6 Å². The molecule has 27 atom stereocenters. The third-order valence-electron chi connectivity index (χ3n) is 19.7. The Morgan fingerprint density at radius 1 is 0.725 bits per heavy atom. The number of aliphatic hydroxyl groups excluding tert-OH is 4. The molecule has 6 N–H and O–H groups in total. The topological polar surface area (TPSA) is 247 Å². The maximum atomic E-state index is 15.6. The van der Waals surface area contributed by atoms with Crippen LogP contribution in [0.25, 0.3) is 0 Å². The Kier molecular flexibility index (Phi) is 18.3. The summed E-state index contributed by atoms with van der Waals surface area (Å²) < 4.78 is 58.2. The molecule has 9 aliphatic rings. The zero-order valence-electron chi connectivity index (χ0n) is 49.3. The molecule has 1 saturated carbocycles. The minimum Gasteiger partial charge on any atom is -0.511 e. The van der Waals surface area contributed by atoms with Crippen molar-refractivity contribution in [2.24, 2.45) is 52.8 Å². The molecule has 18 heteroatoms. The van der Waals surface area contributed by atoms with E-state index in [0.29, 0.717) is 12.8 Å². The second kappa shape index (κ2) is 23.9. The average Bonchev–Trinajstić information content (AvgIpc) is 3.64. The number of fused-ring (bicyclic) bond motifs is 4. The van der Waals surface area contributed by atoms with Crippen LogP contribution >= 0.6 is 0 Å². The SMILES string of the molecule is CCCC1C=CC2/C=C(\C)C(OC3CC(C)(O)C(NC(C)=O)C(C)O3)C(C)/C=C(\C)C3C=CC4C(OC5CCC(OC6CC(O)C(OC7CC(O)C(O)C(C)O7)C(C)O6)C(C)O5)C(C)CC(C)C4C3(C)C(O)=C3C(=O)OC2(C1)C3=O. The number of aliphatic hydroxyl groups is 5. The van der Waals surface area contributed by atoms with Crippen molar-refractivity contribution < 1.29 is 82.5 Å². The first-order valence-electron chi connectivity index (χ1n) is 29.9. The fourth-order valence-corrected chi connectivity index (χ4v) is 15.9. The Hall–Kier alpha value is -3.37. The number of hydrogen-bond donors (Lipinski definition) is 6. The minimum absolute atomic E-state index is 0.00302. The molecular formula is C62H93NO17. The minimum atomic E-state index is -1.62. The van der Waals surface area contributed by atoms with Crippen molar-refractivity contribution in [3.63, 3.8) is 0 Å². The summed E-state index contributed by atoms with van der Waals surface area (Å²) in [5.41, 5.74) is -2.79. The molecule has 27 unspecified atom stereocenters. The molecule has 1 amide bonds. The van der Waals surface area contributed by atoms with Crippen LogP contribution in [0.1, 0.15) is 148 Å². The number of esters is 1. The quantitative estimate of drug-likeness (QED) is 0.0686. The van der Waals surface area contributed by atoms with Gasteiger partial charge in [0.25, 0.3) is 0 Å². The lowest BCUT2D eigenvalue weighted by atomic mass is 9.49. The number of allylic oxidation sites excluding steroid dienone is 4. The fraction of sp³-hybridized carbons (Fsp3) is 0.790. The number of hydrogen-bond acceptors (Lipinski definition) is 17. The van der Waals surface area contributed by atoms with E-state index in [-0.39, 0.29) is 90.6 Å². The first kappa shape index (κ1) is 61.2. The number of ketones is 1. The molecule has 0 aromatic carbocycles. The van der Waals surface area contributed by atoms with Gasteiger partial charge in [-0.25, -0.2) is 4.79 Å². The van der Waals surface area contributed by atoms with Crippen LogP contribution in [-0.2, 0) is 57.0 Å². The summed E-state index contributed by atoms with van der Waals surface area (Å²) in [6.07, 6.45) is 6.23. The standard InChI is InChI=1S/C62H93NO17/c1-14-15-39-16-17-40-24-33(6)53(79-49-28-60(12,71)56(37(10)75-49)63-38(11)64)31(4)22-29(2)42-19-18-41-51(61(42,13)57(68)50-58(69)62(40,27-39)80-59(50)70)30(3)23-32(5)54(41)77-46-21-20-45(34(7)72-46)76-47-26-44(66)55(36(9)74-47)78-48-25-43(65)52(67)35(8)73-48/h16-19,22,24,30-32,34-37,39-49,51-56,65-68,71H,14-15,20-21,23,25-28H2,1-13H3,(H,63,64)/b29-22+,33-24+,57-50?. The van der Waals surface area contributed by atoms with Crippen LogP contribution < -0.4 is 5.32 Å². The predicted molar refractivity (Wildman–Crippen MR) is 293 cm³/mol. The van der Waals surface area contributed by atoms with Crippen molar-refractivity contribution in [2.75, 3.05) is 0 Å². The second-order valence-corrected chi connectivity index (χ2v) is 26.0. The Balaban J connectivity index is 0.984. The lowest BCUT2D eigenvalue weighted by Gasteiger charge is -2.56. The predicted octanol–water partition coefficient (Wildman–Crippen LogP) is 7.11. The summed E-state index contributed by atoms with van der Waals surface area (Å²) in [5.74, 6) is -3.95. The molecule has 6 fully saturated rings. The second-order valence-electron chi connectivity index (χ2n) is 26.0. The molecule has 18 nitrogen and oxygen atoms in total. The number of rotatable bonds is 11. The van der Waals surface area contributed by atoms with Gasteiger partial charge < -0.3 is 73.5 Å². The summed E-state index contributed by atoms with van der Waals surface area (Å²) in [6, 6.07) is -0.667. The fourth-order valence-electron chi connectivity index (χ4n) is 15.9. The van der Waals surface area contributed by atoms with Crippen molar-refractivity contribution in [2.45, 2.75) is 257 Å². The van der Waals surface area contributed by atoms with Crippen molar-refractivity contribution >= 4 is 17.7 Å². The summed E-state index contributed by atoms with van der Waals surface area (Å²) in [4.78, 5) is 42.5. The zero-order valence-corrected chi connectivity index (χ0v) is 49.3. The molecular weight excluding hydrogens is 1030 g/mol. The summed E-state index contributed by atoms with van der Waals surface area (Å²) in [6.45, 7) is 24.8. The number of carbonyl (C=O) groups excluding carboxylic acids is 3. The van der Waals surface area contributed by atoms with Crippen molar-refractivity contribution in [3.05, 3.63) is 58.9 Å². The maximum Gasteiger partial charge on any atom is 0.346 e. The summed E-state index contributed by atoms with van der Waals surface area (Å²) in [5, 5.41) is 59.6. The molecule has 0 radical (unpaired) electrons. The van der Waals surface area contributed by atoms with Gasteiger partial charge in [-0.1, -0.05) is 83.1 Å². The van der Waals surface area contributed by atoms with Gasteiger partial charge in [0.1, 0.15) is 23.5 Å². The molecule has 80 heavy (non-hydrogen) atoms. The largest absolute Gasteiger partial charge is 0.511 e. The Morgan fingerprint density at radius 3 is 2.05 bits per heavy atom. The van der Waals surface area contributed by atoms with Crippen LogP contribution in [0.2, 0.25) is 0 Å². The van der Waals surface area contributed by atoms with Gasteiger partial charge in [-0.15, -0.1) is 0 Å². The third-order valence-corrected chi connectivity index (χ3v) is 19.7. The zero-order chi connectivity index (χ0) is 58.1. The highest BCUT2D eigenvalue weighted by Gasteiger charge is 2.63. The van der Waals surface area contributed by atoms with Crippen LogP contribution in [0, 0.1) is 52.8 Å². The Labute approximate surface area is 473 Å². The number of nitrogens with one attached hydrogen (secondary N) is 1. The van der Waals surface area contributed by atoms with Crippen LogP contribution in [0.3, 0.4) is 0 Å². The number of amides is 1. The number of ether oxygens (including phenoxy) is 9. The first-order chi connectivity index (χ1) is 37.7. The van der Waals surface area contributed by atoms with Gasteiger partial charge in [0.2, 0.25) is 11.7 Å². The third kappa shape index (κ3) is 11.7. The van der Waals surface area contributed by atoms with E-state index >= 15 is 4.79 Å². The molecule has 0 aromatic rings. The lowest BCUT2D eigenvalue weighted by Crippen LogP contribution is -2.62. The maximum absolute atomic E-state index is 15.6. The normalized spacial score (nSPS) is 50.3. The Bertz CT molecular complexity index is 2410. The molecule has 5 aliphatic heterocycles. The lowest BCUT2D eigenvalue weighted by molar-refractivity contribution is -0.328. The molecule has 5 saturated heterocycles. The summed E-state index contributed by atoms with van der Waals surface area (Å²) >= 11 is 0. The summed E-state index contributed by atoms with van der Waals surface area (Å²) in [7, 11) is 0. The molecule has 5 heterocycles. The molecule has 2 bridgehead atoms. The van der Waals surface area contributed by atoms with Crippen LogP contribution in [0.4, 0.5) is 0 Å². The smallest absolute Gasteiger partial charge is 0.346 e. The van der Waals surface area contributed by atoms with E-state index in [9.17, 15) is 35.1 Å². The van der Waals surface area contributed by atoms with Gasteiger partial charge >= 0.3 is 5.97 Å². The monoisotopic (exact) mass is 1120 g/mol. The van der Waals surface area contributed by atoms with Gasteiger partial charge in [0, 0.05) is 68.1 Å². The van der Waals surface area contributed by atoms with Crippen LogP contribution in [-0.4, -0.2) is 153 Å². The van der Waals surface area contributed by atoms with E-state index in [1.807, 2.05) is 39.8 Å². The van der Waals surface area contributed by atoms with E-state index in [2.05, 4.69) is 57.3 Å². The molecule has 448 valence electrons. The highest BCUT2D eigenvalue weighted by Crippen LogP contribution is 2.61. The van der Waals surface area contributed by atoms with Gasteiger partial charge in [-0.05, 0) is 97.0 Å². The average molecular weight is 1120 g/mol. The van der Waals surface area contributed by atoms with E-state index in [1.165, 1.54) is 6.92 Å². The first-order valence-corrected chi connectivity index (χ1v) is 29.9. The van der Waals surface area contributed by atoms with E-state index in [0.717, 1.165) is 30.4 Å². The Morgan fingerprint density at radius 2 is 1.39 bits per heavy atom. The van der Waals surface area contributed by atoms with Crippen LogP contribution in [0.15, 0.2) is 58.9 Å². The van der Waals surface area contributed by atoms with Gasteiger partial charge in [0.15, 0.2) is 30.8 Å². The molecule has 1 spiro atoms. The molecule has 0 aromatic heterocycles. The number of Topliss-reactive ketones (excluding diaryl/α,β-unsaturated/α-hetero) is 1. The number of carbonyl (C=O) groups is 3.